The van der Waals surface area contributed by atoms with Crippen LogP contribution in [0.5, 0.6) is 11.5 Å². The number of hydrogen-bond acceptors (Lipinski definition) is 5. The average Bonchev–Trinajstić information content (AvgIpc) is 2.41. The SMILES string of the molecule is Nc1cc2c(cc1CN1CCCCO1)OCCO2. The van der Waals surface area contributed by atoms with Crippen molar-refractivity contribution >= 4 is 5.69 Å². The lowest BCUT2D eigenvalue weighted by Gasteiger charge is -2.27. The molecule has 0 aromatic heterocycles. The normalized spacial score (nSPS) is 19.8. The van der Waals surface area contributed by atoms with Gasteiger partial charge in [-0.2, -0.15) is 5.06 Å². The number of nitrogens with two attached hydrogens (primary N) is 1. The number of ether oxygens (including phenoxy) is 2. The van der Waals surface area contributed by atoms with Crippen LogP contribution in [0.2, 0.25) is 0 Å². The zero-order chi connectivity index (χ0) is 12.4. The number of hydrogen-bond donors (Lipinski definition) is 1. The molecule has 0 bridgehead atoms. The van der Waals surface area contributed by atoms with Gasteiger partial charge in [0.05, 0.1) is 13.2 Å². The molecule has 0 spiro atoms. The lowest BCUT2D eigenvalue weighted by atomic mass is 10.1. The number of nitrogen functional groups attached to an aromatic ring is 1. The fourth-order valence-corrected chi connectivity index (χ4v) is 2.25. The summed E-state index contributed by atoms with van der Waals surface area (Å²) in [5.74, 6) is 1.52. The second-order valence-electron chi connectivity index (χ2n) is 4.60. The van der Waals surface area contributed by atoms with Crippen molar-refractivity contribution in [3.05, 3.63) is 17.7 Å². The Morgan fingerprint density at radius 3 is 2.56 bits per heavy atom. The van der Waals surface area contributed by atoms with Gasteiger partial charge in [0.15, 0.2) is 11.5 Å². The third-order valence-corrected chi connectivity index (χ3v) is 3.23. The summed E-state index contributed by atoms with van der Waals surface area (Å²) in [6.45, 7) is 3.62. The van der Waals surface area contributed by atoms with E-state index < -0.39 is 0 Å². The Hall–Kier alpha value is -1.46. The lowest BCUT2D eigenvalue weighted by molar-refractivity contribution is -0.187. The highest BCUT2D eigenvalue weighted by Crippen LogP contribution is 2.35. The van der Waals surface area contributed by atoms with E-state index in [0.29, 0.717) is 19.8 Å². The molecule has 2 heterocycles. The first-order valence-corrected chi connectivity index (χ1v) is 6.39. The second-order valence-corrected chi connectivity index (χ2v) is 4.60. The molecule has 1 aromatic carbocycles. The number of rotatable bonds is 2. The van der Waals surface area contributed by atoms with Crippen LogP contribution >= 0.6 is 0 Å². The molecule has 3 rings (SSSR count). The fourth-order valence-electron chi connectivity index (χ4n) is 2.25. The predicted octanol–water partition coefficient (Wildman–Crippen LogP) is 1.57. The van der Waals surface area contributed by atoms with Gasteiger partial charge >= 0.3 is 0 Å². The molecule has 0 atom stereocenters. The maximum absolute atomic E-state index is 6.04. The first-order valence-electron chi connectivity index (χ1n) is 6.39. The van der Waals surface area contributed by atoms with Crippen molar-refractivity contribution < 1.29 is 14.3 Å². The van der Waals surface area contributed by atoms with Crippen LogP contribution in [0.15, 0.2) is 12.1 Å². The highest BCUT2D eigenvalue weighted by molar-refractivity contribution is 5.58. The summed E-state index contributed by atoms with van der Waals surface area (Å²) in [4.78, 5) is 5.59. The Kier molecular flexibility index (Phi) is 3.25. The number of nitrogens with zero attached hydrogens (tertiary/aromatic N) is 1. The van der Waals surface area contributed by atoms with E-state index >= 15 is 0 Å². The standard InChI is InChI=1S/C13H18N2O3/c14-11-8-13-12(16-5-6-17-13)7-10(11)9-15-3-1-2-4-18-15/h7-8H,1-6,9,14H2. The van der Waals surface area contributed by atoms with Crippen LogP contribution in [0.1, 0.15) is 18.4 Å². The monoisotopic (exact) mass is 250 g/mol. The molecule has 0 radical (unpaired) electrons. The first kappa shape index (κ1) is 11.6. The molecule has 1 saturated heterocycles. The van der Waals surface area contributed by atoms with E-state index in [-0.39, 0.29) is 0 Å². The zero-order valence-corrected chi connectivity index (χ0v) is 10.4. The third-order valence-electron chi connectivity index (χ3n) is 3.23. The summed E-state index contributed by atoms with van der Waals surface area (Å²) in [6.07, 6.45) is 2.30. The van der Waals surface area contributed by atoms with Crippen molar-refractivity contribution in [2.24, 2.45) is 0 Å². The zero-order valence-electron chi connectivity index (χ0n) is 10.4. The molecule has 0 amide bonds. The molecule has 2 aliphatic rings. The minimum Gasteiger partial charge on any atom is -0.486 e. The van der Waals surface area contributed by atoms with Gasteiger partial charge < -0.3 is 15.2 Å². The van der Waals surface area contributed by atoms with Gasteiger partial charge in [0.25, 0.3) is 0 Å². The minimum absolute atomic E-state index is 0.584. The van der Waals surface area contributed by atoms with E-state index in [2.05, 4.69) is 0 Å². The molecule has 0 aliphatic carbocycles. The Bertz CT molecular complexity index is 430. The van der Waals surface area contributed by atoms with Crippen molar-refractivity contribution in [3.8, 4) is 11.5 Å². The number of fused-ring (bicyclic) bond motifs is 1. The predicted molar refractivity (Wildman–Crippen MR) is 67.4 cm³/mol. The third kappa shape index (κ3) is 2.37. The van der Waals surface area contributed by atoms with Gasteiger partial charge in [0.2, 0.25) is 0 Å². The summed E-state index contributed by atoms with van der Waals surface area (Å²) < 4.78 is 11.1. The molecule has 5 heteroatoms. The van der Waals surface area contributed by atoms with Crippen molar-refractivity contribution in [1.82, 2.24) is 5.06 Å². The summed E-state index contributed by atoms with van der Waals surface area (Å²) in [5, 5.41) is 1.96. The number of anilines is 1. The smallest absolute Gasteiger partial charge is 0.163 e. The Balaban J connectivity index is 1.78. The molecule has 18 heavy (non-hydrogen) atoms. The second kappa shape index (κ2) is 5.04. The van der Waals surface area contributed by atoms with Gasteiger partial charge in [-0.15, -0.1) is 0 Å². The van der Waals surface area contributed by atoms with E-state index in [9.17, 15) is 0 Å². The van der Waals surface area contributed by atoms with Crippen molar-refractivity contribution in [3.63, 3.8) is 0 Å². The Morgan fingerprint density at radius 1 is 1.06 bits per heavy atom. The largest absolute Gasteiger partial charge is 0.486 e. The van der Waals surface area contributed by atoms with Crippen LogP contribution in [0.4, 0.5) is 5.69 Å². The molecule has 2 N–H and O–H groups in total. The topological polar surface area (TPSA) is 57.0 Å². The molecular formula is C13H18N2O3. The molecule has 98 valence electrons. The minimum atomic E-state index is 0.584. The van der Waals surface area contributed by atoms with E-state index in [4.69, 9.17) is 20.0 Å². The van der Waals surface area contributed by atoms with Crippen LogP contribution in [0.3, 0.4) is 0 Å². The number of hydroxylamine groups is 2. The molecule has 0 unspecified atom stereocenters. The van der Waals surface area contributed by atoms with Crippen molar-refractivity contribution in [2.75, 3.05) is 32.1 Å². The molecule has 2 aliphatic heterocycles. The van der Waals surface area contributed by atoms with Crippen LogP contribution in [0.25, 0.3) is 0 Å². The number of benzene rings is 1. The van der Waals surface area contributed by atoms with Crippen molar-refractivity contribution in [2.45, 2.75) is 19.4 Å². The summed E-state index contributed by atoms with van der Waals surface area (Å²) >= 11 is 0. The van der Waals surface area contributed by atoms with E-state index in [0.717, 1.165) is 42.3 Å². The van der Waals surface area contributed by atoms with Crippen LogP contribution in [-0.4, -0.2) is 31.4 Å². The first-order chi connectivity index (χ1) is 8.83. The summed E-state index contributed by atoms with van der Waals surface area (Å²) in [5.41, 5.74) is 7.80. The van der Waals surface area contributed by atoms with E-state index in [1.165, 1.54) is 6.42 Å². The maximum atomic E-state index is 6.04. The van der Waals surface area contributed by atoms with Gasteiger partial charge in [-0.3, -0.25) is 4.84 Å². The highest BCUT2D eigenvalue weighted by atomic mass is 16.7. The van der Waals surface area contributed by atoms with Crippen LogP contribution < -0.4 is 15.2 Å². The van der Waals surface area contributed by atoms with Gasteiger partial charge in [-0.1, -0.05) is 0 Å². The summed E-state index contributed by atoms with van der Waals surface area (Å²) in [6, 6.07) is 3.80. The molecular weight excluding hydrogens is 232 g/mol. The summed E-state index contributed by atoms with van der Waals surface area (Å²) in [7, 11) is 0. The average molecular weight is 250 g/mol. The Labute approximate surface area is 106 Å². The Morgan fingerprint density at radius 2 is 1.83 bits per heavy atom. The highest BCUT2D eigenvalue weighted by Gasteiger charge is 2.17. The van der Waals surface area contributed by atoms with Gasteiger partial charge in [-0.05, 0) is 24.5 Å². The van der Waals surface area contributed by atoms with E-state index in [1.54, 1.807) is 0 Å². The molecule has 1 aromatic rings. The van der Waals surface area contributed by atoms with Crippen LogP contribution in [-0.2, 0) is 11.4 Å². The van der Waals surface area contributed by atoms with Crippen molar-refractivity contribution in [1.29, 1.82) is 0 Å². The van der Waals surface area contributed by atoms with Gasteiger partial charge in [0, 0.05) is 18.3 Å². The maximum Gasteiger partial charge on any atom is 0.163 e. The molecule has 0 saturated carbocycles. The van der Waals surface area contributed by atoms with Gasteiger partial charge in [-0.25, -0.2) is 0 Å². The van der Waals surface area contributed by atoms with Gasteiger partial charge in [0.1, 0.15) is 13.2 Å². The van der Waals surface area contributed by atoms with E-state index in [1.807, 2.05) is 17.2 Å². The molecule has 1 fully saturated rings. The fraction of sp³-hybridized carbons (Fsp3) is 0.538. The van der Waals surface area contributed by atoms with Crippen LogP contribution in [0, 0.1) is 0 Å². The quantitative estimate of drug-likeness (QED) is 0.807. The lowest BCUT2D eigenvalue weighted by Crippen LogP contribution is -2.30. The molecule has 5 nitrogen and oxygen atoms in total.